The highest BCUT2D eigenvalue weighted by Crippen LogP contribution is 2.70. The maximum absolute atomic E-state index is 12.6. The Hall–Kier alpha value is -1.78. The molecular weight excluding hydrogens is 486 g/mol. The van der Waals surface area contributed by atoms with Crippen molar-refractivity contribution in [3.8, 4) is 0 Å². The highest BCUT2D eigenvalue weighted by Gasteiger charge is 2.74. The van der Waals surface area contributed by atoms with E-state index in [1.807, 2.05) is 19.9 Å². The molecule has 4 rings (SSSR count). The van der Waals surface area contributed by atoms with Gasteiger partial charge in [0.2, 0.25) is 0 Å². The molecule has 0 spiro atoms. The minimum atomic E-state index is -1.03. The van der Waals surface area contributed by atoms with Gasteiger partial charge in [-0.25, -0.2) is 4.79 Å². The minimum absolute atomic E-state index is 0.245. The molecule has 0 aliphatic heterocycles. The predicted octanol–water partition coefficient (Wildman–Crippen LogP) is 2.13. The first-order valence-corrected chi connectivity index (χ1v) is 14.0. The lowest BCUT2D eigenvalue weighted by atomic mass is 9.37. The number of allylic oxidation sites excluding steroid dienone is 2. The summed E-state index contributed by atoms with van der Waals surface area (Å²) < 4.78 is 5.79. The van der Waals surface area contributed by atoms with Crippen LogP contribution in [0, 0.1) is 22.7 Å². The summed E-state index contributed by atoms with van der Waals surface area (Å²) in [5, 5.41) is 32.7. The van der Waals surface area contributed by atoms with E-state index in [-0.39, 0.29) is 11.5 Å². The third kappa shape index (κ3) is 4.08. The lowest BCUT2D eigenvalue weighted by molar-refractivity contribution is -0.201. The summed E-state index contributed by atoms with van der Waals surface area (Å²) in [5.74, 6) is -2.28. The smallest absolute Gasteiger partial charge is 0.331 e. The predicted molar refractivity (Wildman–Crippen MR) is 144 cm³/mol. The van der Waals surface area contributed by atoms with Gasteiger partial charge in [-0.3, -0.25) is 4.79 Å². The molecule has 214 valence electrons. The number of aliphatic hydroxyl groups is 2. The Morgan fingerprint density at radius 3 is 2.24 bits per heavy atom. The monoisotopic (exact) mass is 533 g/mol. The van der Waals surface area contributed by atoms with Crippen LogP contribution in [0.5, 0.6) is 0 Å². The van der Waals surface area contributed by atoms with E-state index >= 15 is 0 Å². The third-order valence-corrected chi connectivity index (χ3v) is 11.1. The molecular formula is C29H47N3O6. The van der Waals surface area contributed by atoms with E-state index < -0.39 is 64.1 Å². The number of carbonyl (C=O) groups excluding carboxylic acids is 1. The van der Waals surface area contributed by atoms with Crippen LogP contribution in [0.3, 0.4) is 0 Å². The molecule has 9 nitrogen and oxygen atoms in total. The van der Waals surface area contributed by atoms with Crippen LogP contribution >= 0.6 is 0 Å². The Kier molecular flexibility index (Phi) is 7.45. The Morgan fingerprint density at radius 1 is 1.03 bits per heavy atom. The van der Waals surface area contributed by atoms with Gasteiger partial charge in [0.15, 0.2) is 0 Å². The van der Waals surface area contributed by atoms with Crippen molar-refractivity contribution >= 4 is 11.9 Å². The molecule has 0 heterocycles. The molecule has 0 saturated heterocycles. The molecule has 0 aromatic rings. The van der Waals surface area contributed by atoms with E-state index in [0.29, 0.717) is 56.9 Å². The number of fused-ring (bicyclic) bond motifs is 5. The van der Waals surface area contributed by atoms with Gasteiger partial charge in [0, 0.05) is 35.5 Å². The second-order valence-electron chi connectivity index (χ2n) is 13.2. The van der Waals surface area contributed by atoms with Crippen LogP contribution in [0.15, 0.2) is 22.8 Å². The molecule has 4 aliphatic rings. The van der Waals surface area contributed by atoms with Gasteiger partial charge in [-0.2, -0.15) is 0 Å². The highest BCUT2D eigenvalue weighted by molar-refractivity contribution is 5.88. The van der Waals surface area contributed by atoms with E-state index in [1.165, 1.54) is 6.92 Å². The first-order valence-electron chi connectivity index (χ1n) is 14.0. The average Bonchev–Trinajstić information content (AvgIpc) is 3.08. The summed E-state index contributed by atoms with van der Waals surface area (Å²) >= 11 is 0. The summed E-state index contributed by atoms with van der Waals surface area (Å²) in [7, 11) is 0. The number of carboxylic acid groups (broad SMARTS) is 1. The standard InChI is InChI=1S/C29H47N3O6/c1-15(2)7-6-8-17(25(36)37)22-18-13-20(35)23-26(4)10-9-19(34)24(30)29(26,32)12-11-28(23,31)27(18,5)14-21(22)38-16(3)33/h7,18-21,23-24,34-35H,6,8-14,30-32H2,1-5H3,(H,36,37)/b22-17-/t18-,19+,20+,21-,23-,24+,26+,27-,28+,29+/m0/s1. The normalized spacial score (nSPS) is 47.3. The number of esters is 1. The first kappa shape index (κ1) is 29.2. The van der Waals surface area contributed by atoms with Gasteiger partial charge in [-0.05, 0) is 87.5 Å². The molecule has 9 N–H and O–H groups in total. The molecule has 0 unspecified atom stereocenters. The summed E-state index contributed by atoms with van der Waals surface area (Å²) in [4.78, 5) is 24.8. The fourth-order valence-corrected chi connectivity index (χ4v) is 9.10. The molecule has 4 aliphatic carbocycles. The maximum Gasteiger partial charge on any atom is 0.331 e. The van der Waals surface area contributed by atoms with Crippen molar-refractivity contribution in [1.82, 2.24) is 0 Å². The highest BCUT2D eigenvalue weighted by atomic mass is 16.5. The second kappa shape index (κ2) is 9.70. The molecule has 0 radical (unpaired) electrons. The van der Waals surface area contributed by atoms with Gasteiger partial charge < -0.3 is 37.3 Å². The van der Waals surface area contributed by atoms with Crippen molar-refractivity contribution in [3.05, 3.63) is 22.8 Å². The summed E-state index contributed by atoms with van der Waals surface area (Å²) in [6.07, 6.45) is 3.25. The molecule has 0 amide bonds. The Morgan fingerprint density at radius 2 is 1.66 bits per heavy atom. The third-order valence-electron chi connectivity index (χ3n) is 11.1. The van der Waals surface area contributed by atoms with E-state index in [4.69, 9.17) is 21.9 Å². The topological polar surface area (TPSA) is 182 Å². The molecule has 4 saturated carbocycles. The van der Waals surface area contributed by atoms with Gasteiger partial charge in [0.05, 0.1) is 12.2 Å². The van der Waals surface area contributed by atoms with E-state index in [1.54, 1.807) is 0 Å². The summed E-state index contributed by atoms with van der Waals surface area (Å²) in [6, 6.07) is -0.634. The number of ether oxygens (including phenoxy) is 1. The van der Waals surface area contributed by atoms with Crippen LogP contribution in [-0.4, -0.2) is 62.7 Å². The van der Waals surface area contributed by atoms with Crippen LogP contribution in [0.2, 0.25) is 0 Å². The molecule has 0 aromatic heterocycles. The van der Waals surface area contributed by atoms with Crippen molar-refractivity contribution in [2.75, 3.05) is 0 Å². The van der Waals surface area contributed by atoms with Gasteiger partial charge in [0.1, 0.15) is 6.10 Å². The molecule has 4 fully saturated rings. The zero-order valence-corrected chi connectivity index (χ0v) is 23.5. The molecule has 38 heavy (non-hydrogen) atoms. The molecule has 0 bridgehead atoms. The Balaban J connectivity index is 1.85. The zero-order valence-electron chi connectivity index (χ0n) is 23.5. The summed E-state index contributed by atoms with van der Waals surface area (Å²) in [5.41, 5.74) is 19.8. The van der Waals surface area contributed by atoms with E-state index in [2.05, 4.69) is 13.8 Å². The number of hydrogen-bond donors (Lipinski definition) is 6. The molecule has 9 heteroatoms. The zero-order chi connectivity index (χ0) is 28.4. The van der Waals surface area contributed by atoms with Gasteiger partial charge in [-0.15, -0.1) is 0 Å². The van der Waals surface area contributed by atoms with Gasteiger partial charge >= 0.3 is 11.9 Å². The fraction of sp³-hybridized carbons (Fsp3) is 0.793. The van der Waals surface area contributed by atoms with E-state index in [0.717, 1.165) is 5.57 Å². The number of carbonyl (C=O) groups is 2. The van der Waals surface area contributed by atoms with Gasteiger partial charge in [-0.1, -0.05) is 25.5 Å². The lowest BCUT2D eigenvalue weighted by Gasteiger charge is -2.71. The van der Waals surface area contributed by atoms with Crippen molar-refractivity contribution in [3.63, 3.8) is 0 Å². The number of carboxylic acids is 1. The minimum Gasteiger partial charge on any atom is -0.478 e. The molecule has 0 aromatic carbocycles. The number of rotatable bonds is 5. The van der Waals surface area contributed by atoms with Crippen LogP contribution < -0.4 is 17.2 Å². The number of nitrogens with two attached hydrogens (primary N) is 3. The lowest BCUT2D eigenvalue weighted by Crippen LogP contribution is -2.82. The fourth-order valence-electron chi connectivity index (χ4n) is 9.10. The van der Waals surface area contributed by atoms with Crippen molar-refractivity contribution < 1.29 is 29.6 Å². The van der Waals surface area contributed by atoms with Crippen LogP contribution in [0.4, 0.5) is 0 Å². The average molecular weight is 534 g/mol. The van der Waals surface area contributed by atoms with Crippen LogP contribution in [0.1, 0.15) is 86.0 Å². The number of aliphatic carboxylic acids is 1. The first-order chi connectivity index (χ1) is 17.5. The van der Waals surface area contributed by atoms with Gasteiger partial charge in [0.25, 0.3) is 0 Å². The number of hydrogen-bond acceptors (Lipinski definition) is 8. The van der Waals surface area contributed by atoms with Crippen molar-refractivity contribution in [1.29, 1.82) is 0 Å². The van der Waals surface area contributed by atoms with Crippen LogP contribution in [-0.2, 0) is 14.3 Å². The number of aliphatic hydroxyl groups excluding tert-OH is 2. The quantitative estimate of drug-likeness (QED) is 0.175. The second-order valence-corrected chi connectivity index (χ2v) is 13.2. The summed E-state index contributed by atoms with van der Waals surface area (Å²) in [6.45, 7) is 9.39. The van der Waals surface area contributed by atoms with E-state index in [9.17, 15) is 24.9 Å². The Labute approximate surface area is 225 Å². The van der Waals surface area contributed by atoms with Crippen molar-refractivity contribution in [2.24, 2.45) is 39.9 Å². The SMILES string of the molecule is CC(=O)O[C@H]1C[C@@]2(C)[C@@H](C[C@@H](O)[C@@H]3[C@]2(N)CC[C@@]2(N)[C@H](N)[C@H](O)CC[C@]32C)/C1=C(\CCC=C(C)C)C(=O)O. The maximum atomic E-state index is 12.6. The Bertz CT molecular complexity index is 1050. The largest absolute Gasteiger partial charge is 0.478 e. The van der Waals surface area contributed by atoms with Crippen LogP contribution in [0.25, 0.3) is 0 Å². The molecule has 10 atom stereocenters. The van der Waals surface area contributed by atoms with Crippen molar-refractivity contribution in [2.45, 2.75) is 121 Å².